The van der Waals surface area contributed by atoms with Crippen molar-refractivity contribution in [1.29, 1.82) is 0 Å². The summed E-state index contributed by atoms with van der Waals surface area (Å²) in [4.78, 5) is 19.0. The van der Waals surface area contributed by atoms with Crippen LogP contribution in [0.15, 0.2) is 24.4 Å². The lowest BCUT2D eigenvalue weighted by Gasteiger charge is -2.19. The molecule has 2 aromatic rings. The molecule has 1 amide bonds. The van der Waals surface area contributed by atoms with Crippen molar-refractivity contribution < 1.29 is 13.2 Å². The molecule has 0 aromatic carbocycles. The van der Waals surface area contributed by atoms with E-state index in [0.29, 0.717) is 18.9 Å². The van der Waals surface area contributed by atoms with Crippen LogP contribution in [0, 0.1) is 0 Å². The Labute approximate surface area is 182 Å². The molecule has 1 aliphatic heterocycles. The first-order chi connectivity index (χ1) is 14.9. The molecule has 2 aliphatic rings. The summed E-state index contributed by atoms with van der Waals surface area (Å²) < 4.78 is 30.3. The number of rotatable bonds is 9. The number of nitrogens with one attached hydrogen (secondary N) is 2. The third-order valence-corrected chi connectivity index (χ3v) is 6.54. The van der Waals surface area contributed by atoms with Crippen LogP contribution in [0.5, 0.6) is 0 Å². The van der Waals surface area contributed by atoms with E-state index >= 15 is 0 Å². The molecule has 1 saturated carbocycles. The summed E-state index contributed by atoms with van der Waals surface area (Å²) in [6.45, 7) is 3.04. The zero-order chi connectivity index (χ0) is 22.0. The number of aromatic nitrogens is 3. The molecule has 9 nitrogen and oxygen atoms in total. The first-order valence-corrected chi connectivity index (χ1v) is 12.2. The fourth-order valence-electron chi connectivity index (χ4n) is 3.85. The predicted octanol–water partition coefficient (Wildman–Crippen LogP) is 2.15. The minimum atomic E-state index is -3.87. The van der Waals surface area contributed by atoms with E-state index in [1.165, 1.54) is 11.6 Å². The maximum absolute atomic E-state index is 12.3. The molecule has 1 aliphatic carbocycles. The molecule has 0 radical (unpaired) electrons. The first-order valence-electron chi connectivity index (χ1n) is 10.7. The monoisotopic (exact) mass is 444 g/mol. The molecule has 0 bridgehead atoms. The number of nitrogens with zero attached hydrogens (tertiary/aromatic N) is 4. The van der Waals surface area contributed by atoms with Crippen LogP contribution in [0.1, 0.15) is 55.3 Å². The van der Waals surface area contributed by atoms with Gasteiger partial charge in [-0.25, -0.2) is 9.71 Å². The zero-order valence-corrected chi connectivity index (χ0v) is 18.7. The lowest BCUT2D eigenvalue weighted by Crippen LogP contribution is -2.39. The van der Waals surface area contributed by atoms with Gasteiger partial charge in [-0.2, -0.15) is 18.2 Å². The van der Waals surface area contributed by atoms with Gasteiger partial charge >= 0.3 is 10.2 Å². The molecule has 2 N–H and O–H groups in total. The second kappa shape index (κ2) is 8.80. The van der Waals surface area contributed by atoms with Crippen molar-refractivity contribution in [2.24, 2.45) is 7.05 Å². The van der Waals surface area contributed by atoms with Crippen LogP contribution < -0.4 is 14.3 Å². The molecule has 3 heterocycles. The fraction of sp³-hybridized carbons (Fsp3) is 0.476. The molecule has 2 aromatic heterocycles. The van der Waals surface area contributed by atoms with Gasteiger partial charge in [0, 0.05) is 43.9 Å². The number of fused-ring (bicyclic) bond motifs is 1. The van der Waals surface area contributed by atoms with Gasteiger partial charge < -0.3 is 4.90 Å². The van der Waals surface area contributed by atoms with Crippen molar-refractivity contribution in [1.82, 2.24) is 24.2 Å². The average molecular weight is 445 g/mol. The summed E-state index contributed by atoms with van der Waals surface area (Å²) in [6.07, 6.45) is 9.29. The maximum atomic E-state index is 12.3. The van der Waals surface area contributed by atoms with Gasteiger partial charge in [-0.1, -0.05) is 19.4 Å². The van der Waals surface area contributed by atoms with Crippen molar-refractivity contribution in [2.75, 3.05) is 18.0 Å². The number of carbonyl (C=O) groups excluding carboxylic acids is 1. The summed E-state index contributed by atoms with van der Waals surface area (Å²) in [7, 11) is -1.98. The van der Waals surface area contributed by atoms with E-state index in [-0.39, 0.29) is 0 Å². The molecular weight excluding hydrogens is 416 g/mol. The lowest BCUT2D eigenvalue weighted by atomic mass is 10.1. The summed E-state index contributed by atoms with van der Waals surface area (Å²) in [5.74, 6) is 1.44. The largest absolute Gasteiger partial charge is 0.310 e. The topological polar surface area (TPSA) is 109 Å². The van der Waals surface area contributed by atoms with Gasteiger partial charge in [-0.15, -0.1) is 0 Å². The van der Waals surface area contributed by atoms with Crippen molar-refractivity contribution >= 4 is 33.8 Å². The highest BCUT2D eigenvalue weighted by atomic mass is 32.2. The molecule has 4 rings (SSSR count). The third-order valence-electron chi connectivity index (χ3n) is 5.49. The minimum absolute atomic E-state index is 0.294. The van der Waals surface area contributed by atoms with Crippen LogP contribution in [0.3, 0.4) is 0 Å². The normalized spacial score (nSPS) is 16.1. The van der Waals surface area contributed by atoms with Crippen LogP contribution in [-0.2, 0) is 28.5 Å². The Hall–Kier alpha value is -2.72. The van der Waals surface area contributed by atoms with Gasteiger partial charge in [0.1, 0.15) is 11.6 Å². The molecule has 0 spiro atoms. The molecule has 10 heteroatoms. The number of hydrogen-bond acceptors (Lipinski definition) is 6. The highest BCUT2D eigenvalue weighted by Crippen LogP contribution is 2.45. The quantitative estimate of drug-likeness (QED) is 0.453. The second-order valence-corrected chi connectivity index (χ2v) is 9.46. The van der Waals surface area contributed by atoms with Crippen LogP contribution in [-0.4, -0.2) is 42.2 Å². The number of aryl methyl sites for hydroxylation is 1. The average Bonchev–Trinajstić information content (AvgIpc) is 3.40. The van der Waals surface area contributed by atoms with E-state index < -0.39 is 16.1 Å². The summed E-state index contributed by atoms with van der Waals surface area (Å²) in [6, 6.07) is 4.00. The van der Waals surface area contributed by atoms with E-state index in [1.807, 2.05) is 29.4 Å². The van der Waals surface area contributed by atoms with Crippen LogP contribution in [0.4, 0.5) is 11.6 Å². The third kappa shape index (κ3) is 4.80. The van der Waals surface area contributed by atoms with Gasteiger partial charge in [0.05, 0.1) is 5.69 Å². The summed E-state index contributed by atoms with van der Waals surface area (Å²) >= 11 is 0. The highest BCUT2D eigenvalue weighted by molar-refractivity contribution is 7.88. The van der Waals surface area contributed by atoms with E-state index in [9.17, 15) is 13.2 Å². The van der Waals surface area contributed by atoms with Gasteiger partial charge in [-0.05, 0) is 43.4 Å². The Morgan fingerprint density at radius 2 is 2.16 bits per heavy atom. The second-order valence-electron chi connectivity index (χ2n) is 7.96. The van der Waals surface area contributed by atoms with Crippen LogP contribution >= 0.6 is 0 Å². The molecular formula is C21H28N6O3S. The van der Waals surface area contributed by atoms with E-state index in [0.717, 1.165) is 55.1 Å². The highest BCUT2D eigenvalue weighted by Gasteiger charge is 2.34. The SMILES string of the molecule is CCCCNS(=O)(=O)NC(=O)/C=C/c1c(C2CC2)nn(C)c1N1CCc2cccnc21. The first kappa shape index (κ1) is 21.5. The van der Waals surface area contributed by atoms with Gasteiger partial charge in [0.15, 0.2) is 0 Å². The standard InChI is InChI=1S/C21H28N6O3S/c1-3-4-13-23-31(29,30)25-18(28)10-9-17-19(15-7-8-15)24-26(2)21(17)27-14-11-16-6-5-12-22-20(16)27/h5-6,9-10,12,15,23H,3-4,7-8,11,13-14H2,1-2H3,(H,25,28)/b10-9+. The smallest absolute Gasteiger partial charge is 0.301 e. The molecule has 31 heavy (non-hydrogen) atoms. The number of pyridine rings is 1. The van der Waals surface area contributed by atoms with Gasteiger partial charge in [0.25, 0.3) is 5.91 Å². The van der Waals surface area contributed by atoms with E-state index in [4.69, 9.17) is 5.10 Å². The Balaban J connectivity index is 1.59. The summed E-state index contributed by atoms with van der Waals surface area (Å²) in [5, 5.41) is 4.73. The Morgan fingerprint density at radius 1 is 1.35 bits per heavy atom. The predicted molar refractivity (Wildman–Crippen MR) is 119 cm³/mol. The zero-order valence-electron chi connectivity index (χ0n) is 17.8. The van der Waals surface area contributed by atoms with E-state index in [2.05, 4.69) is 20.7 Å². The molecule has 1 fully saturated rings. The maximum Gasteiger partial charge on any atom is 0.301 e. The van der Waals surface area contributed by atoms with Gasteiger partial charge in [0.2, 0.25) is 0 Å². The summed E-state index contributed by atoms with van der Waals surface area (Å²) in [5.41, 5.74) is 2.96. The van der Waals surface area contributed by atoms with E-state index in [1.54, 1.807) is 12.3 Å². The molecule has 166 valence electrons. The van der Waals surface area contributed by atoms with Gasteiger partial charge in [-0.3, -0.25) is 9.48 Å². The van der Waals surface area contributed by atoms with Crippen LogP contribution in [0.25, 0.3) is 6.08 Å². The molecule has 0 atom stereocenters. The molecule has 0 saturated heterocycles. The number of hydrogen-bond donors (Lipinski definition) is 2. The van der Waals surface area contributed by atoms with Crippen molar-refractivity contribution in [2.45, 2.75) is 44.9 Å². The molecule has 0 unspecified atom stereocenters. The number of amides is 1. The minimum Gasteiger partial charge on any atom is -0.310 e. The number of carbonyl (C=O) groups is 1. The van der Waals surface area contributed by atoms with Crippen molar-refractivity contribution in [3.63, 3.8) is 0 Å². The Kier molecular flexibility index (Phi) is 6.10. The van der Waals surface area contributed by atoms with Crippen molar-refractivity contribution in [3.8, 4) is 0 Å². The fourth-order valence-corrected chi connectivity index (χ4v) is 4.67. The van der Waals surface area contributed by atoms with Crippen molar-refractivity contribution in [3.05, 3.63) is 41.2 Å². The number of unbranched alkanes of at least 4 members (excludes halogenated alkanes) is 1. The van der Waals surface area contributed by atoms with Crippen LogP contribution in [0.2, 0.25) is 0 Å². The Morgan fingerprint density at radius 3 is 2.90 bits per heavy atom. The lowest BCUT2D eigenvalue weighted by molar-refractivity contribution is -0.114. The Bertz CT molecular complexity index is 1100. The number of anilines is 2.